The van der Waals surface area contributed by atoms with Crippen LogP contribution in [-0.2, 0) is 9.53 Å². The van der Waals surface area contributed by atoms with Gasteiger partial charge in [0.25, 0.3) is 0 Å². The van der Waals surface area contributed by atoms with Crippen LogP contribution in [0.15, 0.2) is 30.6 Å². The highest BCUT2D eigenvalue weighted by Gasteiger charge is 2.31. The number of benzene rings is 1. The van der Waals surface area contributed by atoms with Crippen molar-refractivity contribution in [1.82, 2.24) is 30.0 Å². The number of nitrogens with zero attached hydrogens (tertiary/aromatic N) is 6. The molecule has 194 valence electrons. The molecule has 1 aromatic carbocycles. The molecule has 37 heavy (non-hydrogen) atoms. The van der Waals surface area contributed by atoms with Crippen LogP contribution in [0, 0.1) is 5.92 Å². The summed E-state index contributed by atoms with van der Waals surface area (Å²) >= 11 is 0. The number of nitrogens with one attached hydrogen (secondary N) is 1. The number of amides is 1. The fourth-order valence-corrected chi connectivity index (χ4v) is 5.65. The first kappa shape index (κ1) is 22.9. The maximum Gasteiger partial charge on any atom is 0.220 e. The van der Waals surface area contributed by atoms with Gasteiger partial charge >= 0.3 is 0 Å². The van der Waals surface area contributed by atoms with Crippen LogP contribution >= 0.6 is 0 Å². The van der Waals surface area contributed by atoms with Crippen molar-refractivity contribution in [2.24, 2.45) is 5.92 Å². The van der Waals surface area contributed by atoms with Crippen LogP contribution in [0.2, 0.25) is 0 Å². The summed E-state index contributed by atoms with van der Waals surface area (Å²) in [6, 6.07) is 9.32. The molecular formula is C27H33N7O3. The van der Waals surface area contributed by atoms with Gasteiger partial charge in [-0.3, -0.25) is 9.69 Å². The van der Waals surface area contributed by atoms with Crippen LogP contribution in [0.1, 0.15) is 32.2 Å². The van der Waals surface area contributed by atoms with E-state index in [0.717, 1.165) is 73.3 Å². The minimum atomic E-state index is -0.0985. The van der Waals surface area contributed by atoms with Crippen molar-refractivity contribution in [3.05, 3.63) is 30.6 Å². The number of rotatable bonds is 7. The fraction of sp³-hybridized carbons (Fsp3) is 0.556. The van der Waals surface area contributed by atoms with E-state index in [4.69, 9.17) is 14.5 Å². The Balaban J connectivity index is 1.13. The molecule has 4 fully saturated rings. The Morgan fingerprint density at radius 3 is 2.57 bits per heavy atom. The molecule has 0 bridgehead atoms. The smallest absolute Gasteiger partial charge is 0.220 e. The van der Waals surface area contributed by atoms with Gasteiger partial charge in [-0.15, -0.1) is 10.2 Å². The summed E-state index contributed by atoms with van der Waals surface area (Å²) in [5.74, 6) is 1.96. The predicted molar refractivity (Wildman–Crippen MR) is 139 cm³/mol. The van der Waals surface area contributed by atoms with Gasteiger partial charge in [-0.05, 0) is 44.0 Å². The van der Waals surface area contributed by atoms with Gasteiger partial charge < -0.3 is 24.3 Å². The SMILES string of the molecule is CC(Oc1cc(-c2ccc(N3CCN(C4COC4)CC3)nn2)cc2ncn(C3CC3)c12)[C@H]1CNC(=O)C1. The summed E-state index contributed by atoms with van der Waals surface area (Å²) in [6.45, 7) is 8.37. The monoisotopic (exact) mass is 503 g/mol. The second kappa shape index (κ2) is 9.25. The van der Waals surface area contributed by atoms with Gasteiger partial charge in [0.15, 0.2) is 5.82 Å². The number of piperazine rings is 1. The normalized spacial score (nSPS) is 23.8. The zero-order valence-corrected chi connectivity index (χ0v) is 21.2. The van der Waals surface area contributed by atoms with Gasteiger partial charge in [-0.25, -0.2) is 4.98 Å². The number of hydrogen-bond donors (Lipinski definition) is 1. The number of fused-ring (bicyclic) bond motifs is 1. The summed E-state index contributed by atoms with van der Waals surface area (Å²) < 4.78 is 14.1. The van der Waals surface area contributed by atoms with Crippen molar-refractivity contribution in [2.75, 3.05) is 50.8 Å². The Hall–Kier alpha value is -3.24. The van der Waals surface area contributed by atoms with E-state index in [0.29, 0.717) is 25.0 Å². The molecule has 1 unspecified atom stereocenters. The molecule has 10 nitrogen and oxygen atoms in total. The number of carbonyl (C=O) groups is 1. The number of anilines is 1. The highest BCUT2D eigenvalue weighted by Crippen LogP contribution is 2.41. The lowest BCUT2D eigenvalue weighted by Gasteiger charge is -2.42. The van der Waals surface area contributed by atoms with Crippen molar-refractivity contribution >= 4 is 22.8 Å². The van der Waals surface area contributed by atoms with Crippen molar-refractivity contribution in [3.8, 4) is 17.0 Å². The topological polar surface area (TPSA) is 97.6 Å². The third-order valence-electron chi connectivity index (χ3n) is 8.28. The third-order valence-corrected chi connectivity index (χ3v) is 8.28. The molecule has 1 aliphatic carbocycles. The number of carbonyl (C=O) groups excluding carboxylic acids is 1. The average Bonchev–Trinajstić information content (AvgIpc) is 3.48. The largest absolute Gasteiger partial charge is 0.488 e. The van der Waals surface area contributed by atoms with Crippen LogP contribution in [0.5, 0.6) is 5.75 Å². The Labute approximate surface area is 215 Å². The third kappa shape index (κ3) is 4.42. The van der Waals surface area contributed by atoms with Crippen LogP contribution in [0.25, 0.3) is 22.3 Å². The summed E-state index contributed by atoms with van der Waals surface area (Å²) in [5, 5.41) is 12.1. The zero-order chi connectivity index (χ0) is 24.9. The first-order valence-electron chi connectivity index (χ1n) is 13.5. The standard InChI is InChI=1S/C27H33N7O3/c1-17(19-12-26(35)28-13-19)37-24-11-18(10-23-27(24)34(16-29-23)20-2-3-20)22-4-5-25(31-30-22)33-8-6-32(7-9-33)21-14-36-15-21/h4-5,10-11,16-17,19-21H,2-3,6-9,12-15H2,1H3,(H,28,35)/t17?,19-/m1/s1. The summed E-state index contributed by atoms with van der Waals surface area (Å²) in [5.41, 5.74) is 3.65. The molecule has 3 saturated heterocycles. The molecule has 0 spiro atoms. The Bertz CT molecular complexity index is 1290. The molecular weight excluding hydrogens is 470 g/mol. The lowest BCUT2D eigenvalue weighted by Crippen LogP contribution is -2.56. The van der Waals surface area contributed by atoms with Crippen LogP contribution in [0.3, 0.4) is 0 Å². The van der Waals surface area contributed by atoms with E-state index >= 15 is 0 Å². The second-order valence-corrected chi connectivity index (χ2v) is 10.8. The van der Waals surface area contributed by atoms with Gasteiger partial charge in [0.05, 0.1) is 36.8 Å². The lowest BCUT2D eigenvalue weighted by molar-refractivity contribution is -0.119. The molecule has 2 atom stereocenters. The van der Waals surface area contributed by atoms with Crippen molar-refractivity contribution < 1.29 is 14.3 Å². The summed E-state index contributed by atoms with van der Waals surface area (Å²) in [6.07, 6.45) is 4.66. The molecule has 1 saturated carbocycles. The predicted octanol–water partition coefficient (Wildman–Crippen LogP) is 2.25. The molecule has 0 radical (unpaired) electrons. The first-order chi connectivity index (χ1) is 18.1. The molecule has 5 heterocycles. The highest BCUT2D eigenvalue weighted by molar-refractivity contribution is 5.87. The molecule has 1 N–H and O–H groups in total. The van der Waals surface area contributed by atoms with Gasteiger partial charge in [-0.1, -0.05) is 0 Å². The van der Waals surface area contributed by atoms with E-state index in [1.165, 1.54) is 12.8 Å². The summed E-state index contributed by atoms with van der Waals surface area (Å²) in [4.78, 5) is 21.3. The van der Waals surface area contributed by atoms with Crippen LogP contribution in [0.4, 0.5) is 5.82 Å². The first-order valence-corrected chi connectivity index (χ1v) is 13.5. The van der Waals surface area contributed by atoms with E-state index in [-0.39, 0.29) is 17.9 Å². The van der Waals surface area contributed by atoms with Gasteiger partial charge in [0, 0.05) is 56.7 Å². The lowest BCUT2D eigenvalue weighted by atomic mass is 10.0. The molecule has 3 aromatic rings. The fourth-order valence-electron chi connectivity index (χ4n) is 5.65. The Kier molecular flexibility index (Phi) is 5.73. The Morgan fingerprint density at radius 1 is 1.08 bits per heavy atom. The summed E-state index contributed by atoms with van der Waals surface area (Å²) in [7, 11) is 0. The maximum absolute atomic E-state index is 11.8. The Morgan fingerprint density at radius 2 is 1.92 bits per heavy atom. The molecule has 2 aromatic heterocycles. The van der Waals surface area contributed by atoms with Crippen molar-refractivity contribution in [2.45, 2.75) is 44.4 Å². The van der Waals surface area contributed by atoms with Crippen LogP contribution < -0.4 is 15.0 Å². The zero-order valence-electron chi connectivity index (χ0n) is 21.2. The van der Waals surface area contributed by atoms with E-state index in [9.17, 15) is 4.79 Å². The minimum absolute atomic E-state index is 0.0937. The van der Waals surface area contributed by atoms with E-state index in [2.05, 4.69) is 48.1 Å². The van der Waals surface area contributed by atoms with Gasteiger partial charge in [0.1, 0.15) is 17.4 Å². The second-order valence-electron chi connectivity index (χ2n) is 10.8. The maximum atomic E-state index is 11.8. The highest BCUT2D eigenvalue weighted by atomic mass is 16.5. The number of hydrogen-bond acceptors (Lipinski definition) is 8. The minimum Gasteiger partial charge on any atom is -0.488 e. The number of ether oxygens (including phenoxy) is 2. The van der Waals surface area contributed by atoms with Gasteiger partial charge in [0.2, 0.25) is 5.91 Å². The quantitative estimate of drug-likeness (QED) is 0.525. The average molecular weight is 504 g/mol. The molecule has 4 aliphatic rings. The van der Waals surface area contributed by atoms with E-state index in [1.54, 1.807) is 0 Å². The van der Waals surface area contributed by atoms with Crippen molar-refractivity contribution in [3.63, 3.8) is 0 Å². The van der Waals surface area contributed by atoms with Crippen molar-refractivity contribution in [1.29, 1.82) is 0 Å². The number of aromatic nitrogens is 4. The molecule has 3 aliphatic heterocycles. The molecule has 10 heteroatoms. The van der Waals surface area contributed by atoms with Crippen LogP contribution in [-0.4, -0.2) is 88.6 Å². The van der Waals surface area contributed by atoms with E-state index in [1.807, 2.05) is 19.3 Å². The number of imidazole rings is 1. The molecule has 7 rings (SSSR count). The molecule has 1 amide bonds. The van der Waals surface area contributed by atoms with Gasteiger partial charge in [-0.2, -0.15) is 0 Å². The van der Waals surface area contributed by atoms with E-state index < -0.39 is 0 Å².